The number of nitrogens with zero attached hydrogens (tertiary/aromatic N) is 3. The van der Waals surface area contributed by atoms with E-state index in [1.165, 1.54) is 12.8 Å². The second kappa shape index (κ2) is 8.64. The van der Waals surface area contributed by atoms with Gasteiger partial charge in [-0.1, -0.05) is 31.0 Å². The van der Waals surface area contributed by atoms with Crippen molar-refractivity contribution in [3.63, 3.8) is 0 Å². The number of primary amides is 1. The van der Waals surface area contributed by atoms with Crippen LogP contribution in [0.2, 0.25) is 0 Å². The van der Waals surface area contributed by atoms with Gasteiger partial charge in [0.05, 0.1) is 11.4 Å². The zero-order valence-electron chi connectivity index (χ0n) is 16.7. The van der Waals surface area contributed by atoms with Crippen molar-refractivity contribution in [2.45, 2.75) is 56.9 Å². The number of aromatic nitrogens is 2. The van der Waals surface area contributed by atoms with E-state index in [-0.39, 0.29) is 5.91 Å². The molecule has 2 aliphatic rings. The highest BCUT2D eigenvalue weighted by molar-refractivity contribution is 5.95. The Morgan fingerprint density at radius 2 is 1.76 bits per heavy atom. The Labute approximate surface area is 171 Å². The van der Waals surface area contributed by atoms with E-state index < -0.39 is 11.9 Å². The fraction of sp³-hybridized carbons (Fsp3) is 0.435. The van der Waals surface area contributed by atoms with Crippen LogP contribution in [0.1, 0.15) is 62.1 Å². The zero-order valence-corrected chi connectivity index (χ0v) is 16.7. The molecule has 6 nitrogen and oxygen atoms in total. The molecule has 1 unspecified atom stereocenters. The molecule has 2 N–H and O–H groups in total. The summed E-state index contributed by atoms with van der Waals surface area (Å²) in [4.78, 5) is 26.1. The van der Waals surface area contributed by atoms with Crippen LogP contribution in [0.4, 0.5) is 0 Å². The largest absolute Gasteiger partial charge is 0.368 e. The molecule has 1 saturated heterocycles. The van der Waals surface area contributed by atoms with Crippen LogP contribution in [0, 0.1) is 0 Å². The van der Waals surface area contributed by atoms with Crippen LogP contribution in [0.25, 0.3) is 11.8 Å². The lowest BCUT2D eigenvalue weighted by atomic mass is 9.99. The van der Waals surface area contributed by atoms with Crippen LogP contribution in [0.5, 0.6) is 0 Å². The molecule has 6 heteroatoms. The molecule has 1 saturated carbocycles. The number of nitrogens with two attached hydrogens (primary N) is 1. The summed E-state index contributed by atoms with van der Waals surface area (Å²) >= 11 is 0. The maximum Gasteiger partial charge on any atom is 0.247 e. The van der Waals surface area contributed by atoms with E-state index in [0.29, 0.717) is 18.9 Å². The lowest BCUT2D eigenvalue weighted by Gasteiger charge is -2.32. The second-order valence-electron chi connectivity index (χ2n) is 8.01. The molecule has 0 spiro atoms. The van der Waals surface area contributed by atoms with Crippen molar-refractivity contribution in [2.75, 3.05) is 6.54 Å². The van der Waals surface area contributed by atoms with Crippen molar-refractivity contribution in [3.8, 4) is 5.69 Å². The molecular weight excluding hydrogens is 364 g/mol. The molecule has 1 aromatic carbocycles. The Morgan fingerprint density at radius 3 is 2.48 bits per heavy atom. The number of hydrogen-bond acceptors (Lipinski definition) is 3. The number of amides is 2. The molecule has 1 aliphatic heterocycles. The van der Waals surface area contributed by atoms with Crippen LogP contribution >= 0.6 is 0 Å². The van der Waals surface area contributed by atoms with Crippen LogP contribution in [-0.4, -0.2) is 39.1 Å². The number of hydrogen-bond donors (Lipinski definition) is 1. The van der Waals surface area contributed by atoms with E-state index in [2.05, 4.69) is 0 Å². The first kappa shape index (κ1) is 19.4. The monoisotopic (exact) mass is 392 g/mol. The van der Waals surface area contributed by atoms with Gasteiger partial charge in [-0.3, -0.25) is 9.59 Å². The third-order valence-corrected chi connectivity index (χ3v) is 6.05. The second-order valence-corrected chi connectivity index (χ2v) is 8.01. The Morgan fingerprint density at radius 1 is 1.03 bits per heavy atom. The third-order valence-electron chi connectivity index (χ3n) is 6.05. The van der Waals surface area contributed by atoms with Crippen molar-refractivity contribution < 1.29 is 9.59 Å². The van der Waals surface area contributed by atoms with Crippen LogP contribution in [-0.2, 0) is 9.59 Å². The summed E-state index contributed by atoms with van der Waals surface area (Å²) < 4.78 is 1.89. The van der Waals surface area contributed by atoms with Gasteiger partial charge in [0.2, 0.25) is 11.8 Å². The van der Waals surface area contributed by atoms with E-state index >= 15 is 0 Å². The first-order chi connectivity index (χ1) is 14.1. The number of carbonyl (C=O) groups excluding carboxylic acids is 2. The van der Waals surface area contributed by atoms with Crippen molar-refractivity contribution in [1.82, 2.24) is 14.7 Å². The molecule has 1 aliphatic carbocycles. The van der Waals surface area contributed by atoms with Gasteiger partial charge in [0.1, 0.15) is 6.04 Å². The summed E-state index contributed by atoms with van der Waals surface area (Å²) in [5.74, 6) is -0.142. The number of likely N-dealkylation sites (tertiary alicyclic amines) is 1. The van der Waals surface area contributed by atoms with Gasteiger partial charge in [-0.2, -0.15) is 5.10 Å². The molecule has 2 aromatic rings. The summed E-state index contributed by atoms with van der Waals surface area (Å²) in [7, 11) is 0. The topological polar surface area (TPSA) is 81.2 Å². The van der Waals surface area contributed by atoms with E-state index in [1.807, 2.05) is 47.3 Å². The highest BCUT2D eigenvalue weighted by Crippen LogP contribution is 2.35. The van der Waals surface area contributed by atoms with Crippen LogP contribution in [0.3, 0.4) is 0 Å². The lowest BCUT2D eigenvalue weighted by Crippen LogP contribution is -2.49. The molecule has 2 fully saturated rings. The van der Waals surface area contributed by atoms with Gasteiger partial charge in [-0.25, -0.2) is 4.68 Å². The number of carbonyl (C=O) groups is 2. The van der Waals surface area contributed by atoms with Crippen molar-refractivity contribution in [2.24, 2.45) is 5.73 Å². The first-order valence-electron chi connectivity index (χ1n) is 10.6. The maximum atomic E-state index is 12.8. The van der Waals surface area contributed by atoms with E-state index in [0.717, 1.165) is 42.6 Å². The summed E-state index contributed by atoms with van der Waals surface area (Å²) in [5.41, 5.74) is 8.54. The molecule has 0 radical (unpaired) electrons. The van der Waals surface area contributed by atoms with Gasteiger partial charge in [0, 0.05) is 30.3 Å². The van der Waals surface area contributed by atoms with Gasteiger partial charge in [-0.05, 0) is 50.3 Å². The Hall–Kier alpha value is -2.89. The van der Waals surface area contributed by atoms with Gasteiger partial charge < -0.3 is 10.6 Å². The SMILES string of the molecule is NC(=O)C1CCCCN1C(=O)C=Cc1cn(-c2ccccc2)nc1C1CCCC1. The van der Waals surface area contributed by atoms with Crippen molar-refractivity contribution >= 4 is 17.9 Å². The molecule has 2 amide bonds. The highest BCUT2D eigenvalue weighted by atomic mass is 16.2. The Bertz CT molecular complexity index is 897. The number of para-hydroxylation sites is 1. The summed E-state index contributed by atoms with van der Waals surface area (Å²) in [5, 5.41) is 4.86. The minimum Gasteiger partial charge on any atom is -0.368 e. The Balaban J connectivity index is 1.60. The predicted octanol–water partition coefficient (Wildman–Crippen LogP) is 3.41. The number of rotatable bonds is 5. The molecule has 152 valence electrons. The minimum atomic E-state index is -0.498. The van der Waals surface area contributed by atoms with Crippen LogP contribution < -0.4 is 5.73 Å². The fourth-order valence-corrected chi connectivity index (χ4v) is 4.51. The molecule has 4 rings (SSSR count). The van der Waals surface area contributed by atoms with E-state index in [4.69, 9.17) is 10.8 Å². The summed E-state index contributed by atoms with van der Waals surface area (Å²) in [6.45, 7) is 0.579. The molecule has 2 heterocycles. The molecule has 1 atom stereocenters. The summed E-state index contributed by atoms with van der Waals surface area (Å²) in [6.07, 6.45) is 12.6. The van der Waals surface area contributed by atoms with Crippen LogP contribution in [0.15, 0.2) is 42.6 Å². The molecular formula is C23H28N4O2. The number of benzene rings is 1. The third kappa shape index (κ3) is 4.26. The standard InChI is InChI=1S/C23H28N4O2/c24-23(29)20-12-6-7-15-26(20)21(28)14-13-18-16-27(19-10-2-1-3-11-19)25-22(18)17-8-4-5-9-17/h1-3,10-11,13-14,16-17,20H,4-9,12,15H2,(H2,24,29). The average Bonchev–Trinajstić information content (AvgIpc) is 3.42. The molecule has 29 heavy (non-hydrogen) atoms. The molecule has 1 aromatic heterocycles. The van der Waals surface area contributed by atoms with Gasteiger partial charge in [0.15, 0.2) is 0 Å². The van der Waals surface area contributed by atoms with Gasteiger partial charge >= 0.3 is 0 Å². The lowest BCUT2D eigenvalue weighted by molar-refractivity contribution is -0.137. The van der Waals surface area contributed by atoms with Gasteiger partial charge in [0.25, 0.3) is 0 Å². The Kier molecular flexibility index (Phi) is 5.79. The average molecular weight is 393 g/mol. The van der Waals surface area contributed by atoms with Gasteiger partial charge in [-0.15, -0.1) is 0 Å². The normalized spacial score (nSPS) is 20.4. The zero-order chi connectivity index (χ0) is 20.2. The van der Waals surface area contributed by atoms with E-state index in [9.17, 15) is 9.59 Å². The minimum absolute atomic E-state index is 0.154. The highest BCUT2D eigenvalue weighted by Gasteiger charge is 2.29. The van der Waals surface area contributed by atoms with E-state index in [1.54, 1.807) is 11.0 Å². The quantitative estimate of drug-likeness (QED) is 0.792. The van der Waals surface area contributed by atoms with Crippen molar-refractivity contribution in [1.29, 1.82) is 0 Å². The van der Waals surface area contributed by atoms with Crippen molar-refractivity contribution in [3.05, 3.63) is 53.9 Å². The summed E-state index contributed by atoms with van der Waals surface area (Å²) in [6, 6.07) is 9.52. The first-order valence-corrected chi connectivity index (χ1v) is 10.6. The smallest absolute Gasteiger partial charge is 0.247 e. The maximum absolute atomic E-state index is 12.8. The molecule has 0 bridgehead atoms. The number of piperidine rings is 1. The predicted molar refractivity (Wildman–Crippen MR) is 112 cm³/mol. The fourth-order valence-electron chi connectivity index (χ4n) is 4.51.